The molecule has 1 aliphatic rings. The van der Waals surface area contributed by atoms with Crippen LogP contribution in [-0.4, -0.2) is 59.3 Å². The number of nitriles is 1. The van der Waals surface area contributed by atoms with Crippen molar-refractivity contribution in [2.75, 3.05) is 18.1 Å². The van der Waals surface area contributed by atoms with Crippen molar-refractivity contribution in [2.24, 2.45) is 0 Å². The first-order valence-electron chi connectivity index (χ1n) is 6.66. The Labute approximate surface area is 129 Å². The second-order valence-corrected chi connectivity index (χ2v) is 5.46. The van der Waals surface area contributed by atoms with E-state index in [0.717, 1.165) is 4.52 Å². The fraction of sp³-hybridized carbons (Fsp3) is 0.500. The number of hydrogen-bond donors (Lipinski definition) is 5. The number of aliphatic hydroxyl groups excluding tert-OH is 2. The number of fused-ring (bicyclic) bond motifs is 1. The SMILES string of the molecule is C[C@@]1(O)[C@H](O)[C@@H](CO)O[C@@]1(C#N)c1cnc2c(N)nc(N)nn12. The van der Waals surface area contributed by atoms with Crippen molar-refractivity contribution < 1.29 is 20.1 Å². The van der Waals surface area contributed by atoms with Crippen molar-refractivity contribution in [1.29, 1.82) is 5.26 Å². The Kier molecular flexibility index (Phi) is 3.17. The number of rotatable bonds is 2. The first kappa shape index (κ1) is 15.4. The Bertz CT molecular complexity index is 814. The summed E-state index contributed by atoms with van der Waals surface area (Å²) >= 11 is 0. The molecule has 0 amide bonds. The van der Waals surface area contributed by atoms with E-state index in [-0.39, 0.29) is 23.1 Å². The zero-order valence-corrected chi connectivity index (χ0v) is 12.1. The number of imidazole rings is 1. The van der Waals surface area contributed by atoms with Gasteiger partial charge in [-0.3, -0.25) is 0 Å². The summed E-state index contributed by atoms with van der Waals surface area (Å²) in [5.41, 5.74) is 7.32. The average Bonchev–Trinajstić information content (AvgIpc) is 2.99. The van der Waals surface area contributed by atoms with Gasteiger partial charge in [0.25, 0.3) is 0 Å². The van der Waals surface area contributed by atoms with Gasteiger partial charge in [-0.2, -0.15) is 10.2 Å². The molecule has 122 valence electrons. The van der Waals surface area contributed by atoms with Crippen LogP contribution in [0.5, 0.6) is 0 Å². The van der Waals surface area contributed by atoms with Crippen LogP contribution in [0.1, 0.15) is 12.6 Å². The quantitative estimate of drug-likeness (QED) is 0.395. The number of hydrogen-bond acceptors (Lipinski definition) is 10. The molecule has 0 aliphatic carbocycles. The topological polar surface area (TPSA) is 189 Å². The van der Waals surface area contributed by atoms with Gasteiger partial charge in [0.05, 0.1) is 12.8 Å². The highest BCUT2D eigenvalue weighted by Gasteiger charge is 2.65. The van der Waals surface area contributed by atoms with Gasteiger partial charge in [0.1, 0.15) is 29.6 Å². The third kappa shape index (κ3) is 1.80. The minimum atomic E-state index is -2.04. The molecule has 0 aromatic carbocycles. The minimum Gasteiger partial charge on any atom is -0.394 e. The van der Waals surface area contributed by atoms with Crippen molar-refractivity contribution >= 4 is 17.4 Å². The van der Waals surface area contributed by atoms with Gasteiger partial charge in [-0.05, 0) is 6.92 Å². The lowest BCUT2D eigenvalue weighted by Gasteiger charge is -2.32. The van der Waals surface area contributed by atoms with E-state index in [2.05, 4.69) is 15.1 Å². The monoisotopic (exact) mass is 321 g/mol. The van der Waals surface area contributed by atoms with E-state index in [1.54, 1.807) is 0 Å². The van der Waals surface area contributed by atoms with E-state index in [1.165, 1.54) is 13.1 Å². The number of nitrogens with zero attached hydrogens (tertiary/aromatic N) is 5. The van der Waals surface area contributed by atoms with Gasteiger partial charge in [-0.15, -0.1) is 5.10 Å². The number of nitrogens with two attached hydrogens (primary N) is 2. The molecule has 1 aliphatic heterocycles. The van der Waals surface area contributed by atoms with Crippen LogP contribution in [0.15, 0.2) is 6.20 Å². The third-order valence-corrected chi connectivity index (χ3v) is 4.07. The molecule has 11 nitrogen and oxygen atoms in total. The van der Waals surface area contributed by atoms with Crippen LogP contribution in [0.25, 0.3) is 5.65 Å². The van der Waals surface area contributed by atoms with Gasteiger partial charge < -0.3 is 31.5 Å². The Morgan fingerprint density at radius 3 is 2.78 bits per heavy atom. The lowest BCUT2D eigenvalue weighted by Crippen LogP contribution is -2.52. The van der Waals surface area contributed by atoms with E-state index in [0.29, 0.717) is 0 Å². The molecule has 2 aromatic heterocycles. The number of aliphatic hydroxyl groups is 3. The van der Waals surface area contributed by atoms with Gasteiger partial charge in [0, 0.05) is 0 Å². The fourth-order valence-electron chi connectivity index (χ4n) is 2.79. The molecule has 0 bridgehead atoms. The van der Waals surface area contributed by atoms with Crippen molar-refractivity contribution in [2.45, 2.75) is 30.3 Å². The molecule has 0 radical (unpaired) electrons. The lowest BCUT2D eigenvalue weighted by molar-refractivity contribution is -0.109. The number of nitrogen functional groups attached to an aromatic ring is 2. The number of ether oxygens (including phenoxy) is 1. The number of anilines is 2. The van der Waals surface area contributed by atoms with E-state index < -0.39 is 30.0 Å². The van der Waals surface area contributed by atoms with Crippen LogP contribution in [-0.2, 0) is 10.3 Å². The third-order valence-electron chi connectivity index (χ3n) is 4.07. The summed E-state index contributed by atoms with van der Waals surface area (Å²) in [6.45, 7) is 0.639. The molecule has 3 heterocycles. The summed E-state index contributed by atoms with van der Waals surface area (Å²) in [4.78, 5) is 7.77. The highest BCUT2D eigenvalue weighted by Crippen LogP contribution is 2.46. The van der Waals surface area contributed by atoms with Crippen molar-refractivity contribution in [3.63, 3.8) is 0 Å². The molecule has 1 fully saturated rings. The minimum absolute atomic E-state index is 0.0100. The second-order valence-electron chi connectivity index (χ2n) is 5.46. The largest absolute Gasteiger partial charge is 0.394 e. The molecular weight excluding hydrogens is 306 g/mol. The first-order chi connectivity index (χ1) is 10.8. The average molecular weight is 321 g/mol. The first-order valence-corrected chi connectivity index (χ1v) is 6.66. The van der Waals surface area contributed by atoms with Crippen LogP contribution in [0.3, 0.4) is 0 Å². The summed E-state index contributed by atoms with van der Waals surface area (Å²) in [6.07, 6.45) is -1.44. The van der Waals surface area contributed by atoms with Gasteiger partial charge in [-0.25, -0.2) is 9.50 Å². The molecule has 0 spiro atoms. The van der Waals surface area contributed by atoms with E-state index in [4.69, 9.17) is 16.2 Å². The Hall–Kier alpha value is -2.52. The fourth-order valence-corrected chi connectivity index (χ4v) is 2.79. The van der Waals surface area contributed by atoms with E-state index >= 15 is 0 Å². The van der Waals surface area contributed by atoms with Crippen molar-refractivity contribution in [3.05, 3.63) is 11.9 Å². The molecule has 11 heteroatoms. The van der Waals surface area contributed by atoms with E-state index in [9.17, 15) is 20.6 Å². The van der Waals surface area contributed by atoms with Crippen LogP contribution in [0.2, 0.25) is 0 Å². The number of aromatic nitrogens is 4. The van der Waals surface area contributed by atoms with Gasteiger partial charge in [0.2, 0.25) is 11.5 Å². The van der Waals surface area contributed by atoms with Crippen molar-refractivity contribution in [1.82, 2.24) is 19.6 Å². The van der Waals surface area contributed by atoms with Crippen LogP contribution >= 0.6 is 0 Å². The lowest BCUT2D eigenvalue weighted by atomic mass is 9.80. The highest BCUT2D eigenvalue weighted by atomic mass is 16.6. The summed E-state index contributed by atoms with van der Waals surface area (Å²) in [5, 5.41) is 43.8. The zero-order chi connectivity index (χ0) is 17.0. The maximum absolute atomic E-state index is 10.7. The van der Waals surface area contributed by atoms with E-state index in [1.807, 2.05) is 6.07 Å². The van der Waals surface area contributed by atoms with Gasteiger partial charge in [-0.1, -0.05) is 0 Å². The summed E-state index contributed by atoms with van der Waals surface area (Å²) < 4.78 is 6.62. The zero-order valence-electron chi connectivity index (χ0n) is 12.1. The molecule has 23 heavy (non-hydrogen) atoms. The maximum Gasteiger partial charge on any atom is 0.240 e. The van der Waals surface area contributed by atoms with Gasteiger partial charge in [0.15, 0.2) is 11.5 Å². The summed E-state index contributed by atoms with van der Waals surface area (Å²) in [6, 6.07) is 1.85. The van der Waals surface area contributed by atoms with Crippen LogP contribution in [0, 0.1) is 11.3 Å². The Morgan fingerprint density at radius 2 is 2.22 bits per heavy atom. The Morgan fingerprint density at radius 1 is 1.52 bits per heavy atom. The normalized spacial score (nSPS) is 33.9. The molecular formula is C12H15N7O4. The molecule has 3 rings (SSSR count). The van der Waals surface area contributed by atoms with Crippen LogP contribution < -0.4 is 11.5 Å². The molecule has 7 N–H and O–H groups in total. The standard InChI is InChI=1S/C12H15N7O4/c1-11(22)7(21)5(3-20)23-12(11,4-13)6-2-16-9-8(14)17-10(15)18-19(6)9/h2,5,7,20-22H,3H2,1H3,(H4,14,15,17,18)/t5-,7-,11-,12+/m1/s1. The molecule has 1 saturated heterocycles. The second kappa shape index (κ2) is 4.74. The summed E-state index contributed by atoms with van der Waals surface area (Å²) in [7, 11) is 0. The van der Waals surface area contributed by atoms with Crippen molar-refractivity contribution in [3.8, 4) is 6.07 Å². The highest BCUT2D eigenvalue weighted by molar-refractivity contribution is 5.61. The maximum atomic E-state index is 10.7. The molecule has 0 saturated carbocycles. The Balaban J connectivity index is 2.29. The smallest absolute Gasteiger partial charge is 0.240 e. The predicted octanol–water partition coefficient (Wildman–Crippen LogP) is -2.49. The van der Waals surface area contributed by atoms with Gasteiger partial charge >= 0.3 is 0 Å². The van der Waals surface area contributed by atoms with Crippen LogP contribution in [0.4, 0.5) is 11.8 Å². The predicted molar refractivity (Wildman–Crippen MR) is 75.5 cm³/mol. The summed E-state index contributed by atoms with van der Waals surface area (Å²) in [5.74, 6) is -0.187. The molecule has 0 unspecified atom stereocenters. The molecule has 4 atom stereocenters. The molecule has 2 aromatic rings.